The maximum absolute atomic E-state index is 14.8. The van der Waals surface area contributed by atoms with Crippen molar-refractivity contribution in [2.45, 2.75) is 139 Å². The number of benzene rings is 1. The van der Waals surface area contributed by atoms with Crippen LogP contribution in [0.15, 0.2) is 52.5 Å². The molecule has 4 aromatic rings. The molecule has 6 atom stereocenters. The molecule has 3 aromatic heterocycles. The van der Waals surface area contributed by atoms with Crippen molar-refractivity contribution in [1.29, 1.82) is 0 Å². The Labute approximate surface area is 360 Å². The number of aromatic nitrogens is 2. The topological polar surface area (TPSA) is 194 Å². The second kappa shape index (κ2) is 18.4. The lowest BCUT2D eigenvalue weighted by Gasteiger charge is -2.31. The van der Waals surface area contributed by atoms with Crippen molar-refractivity contribution >= 4 is 52.6 Å². The Hall–Kier alpha value is -4.66. The van der Waals surface area contributed by atoms with Crippen molar-refractivity contribution < 1.29 is 42.5 Å². The number of thiazole rings is 1. The fourth-order valence-electron chi connectivity index (χ4n) is 9.23. The van der Waals surface area contributed by atoms with Gasteiger partial charge >= 0.3 is 6.09 Å². The van der Waals surface area contributed by atoms with Gasteiger partial charge in [-0.05, 0) is 89.0 Å². The first kappa shape index (κ1) is 43.0. The van der Waals surface area contributed by atoms with E-state index in [0.29, 0.717) is 65.2 Å². The number of nitrogens with one attached hydrogen (secondary N) is 3. The molecule has 2 aliphatic carbocycles. The van der Waals surface area contributed by atoms with Crippen LogP contribution in [0.5, 0.6) is 11.5 Å². The summed E-state index contributed by atoms with van der Waals surface area (Å²) in [5.41, 5.74) is 1.84. The van der Waals surface area contributed by atoms with E-state index in [1.807, 2.05) is 43.5 Å². The molecule has 1 unspecified atom stereocenters. The minimum atomic E-state index is -4.07. The lowest BCUT2D eigenvalue weighted by molar-refractivity contribution is -0.140. The summed E-state index contributed by atoms with van der Waals surface area (Å²) < 4.78 is 38.0. The summed E-state index contributed by atoms with van der Waals surface area (Å²) in [7, 11) is -2.48. The smallest absolute Gasteiger partial charge is 0.408 e. The third kappa shape index (κ3) is 9.71. The number of anilines is 1. The van der Waals surface area contributed by atoms with Crippen LogP contribution in [0.2, 0.25) is 0 Å². The first-order chi connectivity index (χ1) is 29.4. The van der Waals surface area contributed by atoms with Crippen LogP contribution in [-0.4, -0.2) is 86.9 Å². The fourth-order valence-corrected chi connectivity index (χ4v) is 12.5. The second-order valence-electron chi connectivity index (χ2n) is 17.3. The van der Waals surface area contributed by atoms with Crippen molar-refractivity contribution in [2.24, 2.45) is 5.92 Å². The van der Waals surface area contributed by atoms with E-state index in [1.54, 1.807) is 19.2 Å². The van der Waals surface area contributed by atoms with Crippen LogP contribution in [0.3, 0.4) is 0 Å². The van der Waals surface area contributed by atoms with Crippen molar-refractivity contribution in [3.05, 3.63) is 53.8 Å². The molecule has 4 N–H and O–H groups in total. The summed E-state index contributed by atoms with van der Waals surface area (Å²) in [4.78, 5) is 65.9. The number of carbonyl (C=O) groups excluding carboxylic acids is 3. The third-order valence-corrected chi connectivity index (χ3v) is 15.9. The van der Waals surface area contributed by atoms with Crippen molar-refractivity contribution in [3.63, 3.8) is 0 Å². The van der Waals surface area contributed by atoms with E-state index < -0.39 is 48.7 Å². The highest BCUT2D eigenvalue weighted by Gasteiger charge is 2.66. The van der Waals surface area contributed by atoms with Gasteiger partial charge in [0.05, 0.1) is 37.3 Å². The van der Waals surface area contributed by atoms with Gasteiger partial charge in [0.1, 0.15) is 52.5 Å². The number of hydrogen-bond acceptors (Lipinski definition) is 12. The van der Waals surface area contributed by atoms with Gasteiger partial charge in [-0.15, -0.1) is 11.3 Å². The Bertz CT molecular complexity index is 2250. The maximum Gasteiger partial charge on any atom is 0.408 e. The molecule has 0 spiro atoms. The van der Waals surface area contributed by atoms with Gasteiger partial charge in [0.25, 0.3) is 0 Å². The molecule has 4 fully saturated rings. The van der Waals surface area contributed by atoms with E-state index in [0.717, 1.165) is 56.5 Å². The summed E-state index contributed by atoms with van der Waals surface area (Å²) in [6.45, 7) is 4.11. The molecule has 17 heteroatoms. The molecule has 4 aliphatic rings. The van der Waals surface area contributed by atoms with Gasteiger partial charge in [0.2, 0.25) is 19.2 Å². The van der Waals surface area contributed by atoms with E-state index >= 15 is 0 Å². The normalized spacial score (nSPS) is 26.1. The Kier molecular flexibility index (Phi) is 12.9. The zero-order chi connectivity index (χ0) is 42.7. The SMILES string of the molecule is COc1ccc2c(O[C@@H]3C[C@H]4C(=O)N[C@]5(P(=O)(O)Cc6ccco6)C[C@H]5CCCCCCC[C@H](NC(=O)OC5CCCC5)C(=O)N4C3)cc(-c3csc(NC(C)C)n3)nc2c1. The van der Waals surface area contributed by atoms with E-state index in [4.69, 9.17) is 28.6 Å². The second-order valence-corrected chi connectivity index (χ2v) is 20.7. The molecule has 0 bridgehead atoms. The molecule has 61 heavy (non-hydrogen) atoms. The highest BCUT2D eigenvalue weighted by atomic mass is 32.1. The quantitative estimate of drug-likeness (QED) is 0.106. The minimum absolute atomic E-state index is 0.0286. The zero-order valence-corrected chi connectivity index (χ0v) is 36.8. The van der Waals surface area contributed by atoms with Crippen LogP contribution in [-0.2, 0) is 25.1 Å². The molecular formula is C44H57N6O9PS. The van der Waals surface area contributed by atoms with Crippen LogP contribution < -0.4 is 25.4 Å². The van der Waals surface area contributed by atoms with Crippen LogP contribution in [0, 0.1) is 5.92 Å². The van der Waals surface area contributed by atoms with E-state index in [9.17, 15) is 23.8 Å². The summed E-state index contributed by atoms with van der Waals surface area (Å²) in [6, 6.07) is 8.85. The van der Waals surface area contributed by atoms with Crippen molar-refractivity contribution in [2.75, 3.05) is 19.0 Å². The zero-order valence-electron chi connectivity index (χ0n) is 35.1. The number of ether oxygens (including phenoxy) is 3. The van der Waals surface area contributed by atoms with E-state index in [1.165, 1.54) is 22.5 Å². The van der Waals surface area contributed by atoms with Crippen LogP contribution >= 0.6 is 18.7 Å². The minimum Gasteiger partial charge on any atom is -0.497 e. The molecule has 328 valence electrons. The molecule has 0 radical (unpaired) electrons. The Balaban J connectivity index is 1.12. The molecule has 2 saturated heterocycles. The predicted octanol–water partition coefficient (Wildman–Crippen LogP) is 8.21. The van der Waals surface area contributed by atoms with Gasteiger partial charge in [-0.25, -0.2) is 14.8 Å². The van der Waals surface area contributed by atoms with Crippen molar-refractivity contribution in [1.82, 2.24) is 25.5 Å². The number of hydrogen-bond donors (Lipinski definition) is 4. The summed E-state index contributed by atoms with van der Waals surface area (Å²) >= 11 is 1.47. The standard InChI is InChI=1S/C44H57N6O9PS/c1-27(2)45-42-47-37(26-61-42)36-22-39(33-18-17-30(56-3)20-35(33)46-36)58-32-21-38-40(51)49-44(60(54,55)25-31-15-11-19-57-31)23-28(44)12-7-5-4-6-8-16-34(41(52)50(38)24-32)48-43(53)59-29-13-9-10-14-29/h11,15,17-20,22,26-29,32,34,38H,4-10,12-14,16,21,23-25H2,1-3H3,(H,45,47)(H,48,53)(H,49,51)(H,54,55)/t28-,32-,34+,38+,44+/m1/s1. The van der Waals surface area contributed by atoms with Gasteiger partial charge in [0, 0.05) is 35.4 Å². The first-order valence-corrected chi connectivity index (χ1v) is 24.5. The predicted molar refractivity (Wildman–Crippen MR) is 232 cm³/mol. The molecule has 15 nitrogen and oxygen atoms in total. The number of pyridine rings is 1. The Morgan fingerprint density at radius 1 is 1.03 bits per heavy atom. The van der Waals surface area contributed by atoms with Crippen LogP contribution in [0.4, 0.5) is 9.93 Å². The number of carbonyl (C=O) groups is 3. The monoisotopic (exact) mass is 876 g/mol. The van der Waals surface area contributed by atoms with Crippen LogP contribution in [0.25, 0.3) is 22.3 Å². The first-order valence-electron chi connectivity index (χ1n) is 21.7. The third-order valence-electron chi connectivity index (χ3n) is 12.5. The van der Waals surface area contributed by atoms with Gasteiger partial charge < -0.3 is 44.4 Å². The Morgan fingerprint density at radius 2 is 1.80 bits per heavy atom. The summed E-state index contributed by atoms with van der Waals surface area (Å²) in [5.74, 6) is 0.309. The summed E-state index contributed by atoms with van der Waals surface area (Å²) in [5, 5.41) is 11.3. The molecule has 3 amide bonds. The number of nitrogens with zero attached hydrogens (tertiary/aromatic N) is 3. The molecule has 5 heterocycles. The lowest BCUT2D eigenvalue weighted by Crippen LogP contribution is -2.55. The molecule has 1 aromatic carbocycles. The highest BCUT2D eigenvalue weighted by molar-refractivity contribution is 7.59. The van der Waals surface area contributed by atoms with Gasteiger partial charge in [-0.3, -0.25) is 14.2 Å². The number of fused-ring (bicyclic) bond motifs is 3. The van der Waals surface area contributed by atoms with Gasteiger partial charge in [-0.1, -0.05) is 32.1 Å². The fraction of sp³-hybridized carbons (Fsp3) is 0.568. The highest BCUT2D eigenvalue weighted by Crippen LogP contribution is 2.71. The number of rotatable bonds is 11. The lowest BCUT2D eigenvalue weighted by atomic mass is 10.0. The average Bonchev–Trinajstić information content (AvgIpc) is 3.86. The maximum atomic E-state index is 14.8. The number of alkyl carbamates (subject to hydrolysis) is 1. The Morgan fingerprint density at radius 3 is 2.56 bits per heavy atom. The van der Waals surface area contributed by atoms with Crippen LogP contribution in [0.1, 0.15) is 103 Å². The summed E-state index contributed by atoms with van der Waals surface area (Å²) in [6.07, 6.45) is 8.98. The molecular weight excluding hydrogens is 820 g/mol. The van der Waals surface area contributed by atoms with E-state index in [-0.39, 0.29) is 37.2 Å². The van der Waals surface area contributed by atoms with Gasteiger partial charge in [0.15, 0.2) is 5.13 Å². The number of methoxy groups -OCH3 is 1. The van der Waals surface area contributed by atoms with Crippen molar-refractivity contribution in [3.8, 4) is 22.9 Å². The molecule has 2 saturated carbocycles. The molecule has 8 rings (SSSR count). The largest absolute Gasteiger partial charge is 0.497 e. The number of amides is 3. The van der Waals surface area contributed by atoms with Gasteiger partial charge in [-0.2, -0.15) is 0 Å². The van der Waals surface area contributed by atoms with E-state index in [2.05, 4.69) is 16.0 Å². The number of furan rings is 1. The molecule has 2 aliphatic heterocycles. The average molecular weight is 877 g/mol.